The molecular weight excluding hydrogens is 204 g/mol. The number of ether oxygens (including phenoxy) is 1. The lowest BCUT2D eigenvalue weighted by Gasteiger charge is -2.23. The highest BCUT2D eigenvalue weighted by molar-refractivity contribution is 5.56. The van der Waals surface area contributed by atoms with E-state index in [1.165, 1.54) is 0 Å². The van der Waals surface area contributed by atoms with Gasteiger partial charge in [-0.05, 0) is 20.3 Å². The first-order chi connectivity index (χ1) is 7.68. The summed E-state index contributed by atoms with van der Waals surface area (Å²) < 4.78 is 5.43. The number of nitrogen functional groups attached to an aromatic ring is 1. The summed E-state index contributed by atoms with van der Waals surface area (Å²) in [4.78, 5) is 10.9. The zero-order chi connectivity index (χ0) is 11.5. The molecule has 1 saturated heterocycles. The molecule has 5 nitrogen and oxygen atoms in total. The summed E-state index contributed by atoms with van der Waals surface area (Å²) in [6.45, 7) is 7.26. The number of hydrogen-bond acceptors (Lipinski definition) is 5. The van der Waals surface area contributed by atoms with Crippen molar-refractivity contribution in [2.24, 2.45) is 0 Å². The van der Waals surface area contributed by atoms with Crippen molar-refractivity contribution < 1.29 is 4.74 Å². The number of rotatable bonds is 1. The fourth-order valence-electron chi connectivity index (χ4n) is 1.90. The Morgan fingerprint density at radius 3 is 2.81 bits per heavy atom. The fourth-order valence-corrected chi connectivity index (χ4v) is 1.90. The Balaban J connectivity index is 2.30. The number of aromatic nitrogens is 2. The molecule has 0 aliphatic carbocycles. The fraction of sp³-hybridized carbons (Fsp3) is 0.636. The number of nitrogens with zero attached hydrogens (tertiary/aromatic N) is 3. The summed E-state index contributed by atoms with van der Waals surface area (Å²) in [6.07, 6.45) is 1.03. The van der Waals surface area contributed by atoms with Crippen molar-refractivity contribution in [2.75, 3.05) is 36.9 Å². The SMILES string of the molecule is Cc1nc(N)c(C)c(N2CCCOCC2)n1. The monoisotopic (exact) mass is 222 g/mol. The molecule has 0 unspecified atom stereocenters. The minimum Gasteiger partial charge on any atom is -0.383 e. The Morgan fingerprint density at radius 1 is 1.19 bits per heavy atom. The summed E-state index contributed by atoms with van der Waals surface area (Å²) in [5, 5.41) is 0. The molecule has 0 bridgehead atoms. The van der Waals surface area contributed by atoms with Crippen LogP contribution < -0.4 is 10.6 Å². The molecule has 0 saturated carbocycles. The molecule has 1 aliphatic rings. The molecule has 0 amide bonds. The van der Waals surface area contributed by atoms with Crippen LogP contribution in [0.25, 0.3) is 0 Å². The summed E-state index contributed by atoms with van der Waals surface area (Å²) in [6, 6.07) is 0. The summed E-state index contributed by atoms with van der Waals surface area (Å²) >= 11 is 0. The van der Waals surface area contributed by atoms with Gasteiger partial charge < -0.3 is 15.4 Å². The second-order valence-corrected chi connectivity index (χ2v) is 4.06. The Hall–Kier alpha value is -1.36. The lowest BCUT2D eigenvalue weighted by molar-refractivity contribution is 0.152. The van der Waals surface area contributed by atoms with Gasteiger partial charge in [-0.25, -0.2) is 9.97 Å². The maximum absolute atomic E-state index is 5.86. The van der Waals surface area contributed by atoms with Crippen LogP contribution in [-0.4, -0.2) is 36.3 Å². The van der Waals surface area contributed by atoms with E-state index >= 15 is 0 Å². The highest BCUT2D eigenvalue weighted by atomic mass is 16.5. The molecule has 0 aromatic carbocycles. The highest BCUT2D eigenvalue weighted by Gasteiger charge is 2.15. The molecular formula is C11H18N4O. The molecule has 0 spiro atoms. The summed E-state index contributed by atoms with van der Waals surface area (Å²) in [5.41, 5.74) is 6.82. The van der Waals surface area contributed by atoms with E-state index in [0.29, 0.717) is 5.82 Å². The average Bonchev–Trinajstić information content (AvgIpc) is 2.51. The van der Waals surface area contributed by atoms with E-state index in [1.54, 1.807) is 0 Å². The van der Waals surface area contributed by atoms with Crippen molar-refractivity contribution in [1.82, 2.24) is 9.97 Å². The smallest absolute Gasteiger partial charge is 0.137 e. The zero-order valence-electron chi connectivity index (χ0n) is 9.86. The molecule has 2 rings (SSSR count). The van der Waals surface area contributed by atoms with Gasteiger partial charge in [0, 0.05) is 25.3 Å². The molecule has 88 valence electrons. The summed E-state index contributed by atoms with van der Waals surface area (Å²) in [7, 11) is 0. The van der Waals surface area contributed by atoms with Crippen LogP contribution in [0.4, 0.5) is 11.6 Å². The maximum atomic E-state index is 5.86. The molecule has 1 aromatic rings. The van der Waals surface area contributed by atoms with Gasteiger partial charge in [0.1, 0.15) is 17.5 Å². The van der Waals surface area contributed by atoms with Crippen LogP contribution in [0.3, 0.4) is 0 Å². The van der Waals surface area contributed by atoms with Gasteiger partial charge in [0.15, 0.2) is 0 Å². The third-order valence-corrected chi connectivity index (χ3v) is 2.79. The van der Waals surface area contributed by atoms with Crippen LogP contribution in [0, 0.1) is 13.8 Å². The number of nitrogens with two attached hydrogens (primary N) is 1. The van der Waals surface area contributed by atoms with Gasteiger partial charge in [-0.1, -0.05) is 0 Å². The van der Waals surface area contributed by atoms with Gasteiger partial charge in [0.2, 0.25) is 0 Å². The minimum atomic E-state index is 0.577. The van der Waals surface area contributed by atoms with Crippen molar-refractivity contribution >= 4 is 11.6 Å². The second kappa shape index (κ2) is 4.65. The Bertz CT molecular complexity index is 372. The predicted molar refractivity (Wildman–Crippen MR) is 63.6 cm³/mol. The molecule has 1 aliphatic heterocycles. The number of aryl methyl sites for hydroxylation is 1. The van der Waals surface area contributed by atoms with E-state index in [-0.39, 0.29) is 0 Å². The van der Waals surface area contributed by atoms with Crippen molar-refractivity contribution in [3.8, 4) is 0 Å². The van der Waals surface area contributed by atoms with Crippen molar-refractivity contribution in [2.45, 2.75) is 20.3 Å². The van der Waals surface area contributed by atoms with Gasteiger partial charge in [-0.15, -0.1) is 0 Å². The van der Waals surface area contributed by atoms with Gasteiger partial charge in [0.05, 0.1) is 6.61 Å². The lowest BCUT2D eigenvalue weighted by atomic mass is 10.2. The van der Waals surface area contributed by atoms with Crippen LogP contribution in [0.1, 0.15) is 17.8 Å². The minimum absolute atomic E-state index is 0.577. The van der Waals surface area contributed by atoms with Gasteiger partial charge in [-0.3, -0.25) is 0 Å². The molecule has 16 heavy (non-hydrogen) atoms. The van der Waals surface area contributed by atoms with E-state index in [0.717, 1.165) is 49.9 Å². The quantitative estimate of drug-likeness (QED) is 0.765. The first kappa shape index (κ1) is 11.1. The third kappa shape index (κ3) is 2.24. The van der Waals surface area contributed by atoms with Crippen molar-refractivity contribution in [1.29, 1.82) is 0 Å². The molecule has 0 radical (unpaired) electrons. The van der Waals surface area contributed by atoms with Crippen LogP contribution in [0.5, 0.6) is 0 Å². The third-order valence-electron chi connectivity index (χ3n) is 2.79. The maximum Gasteiger partial charge on any atom is 0.137 e. The van der Waals surface area contributed by atoms with E-state index < -0.39 is 0 Å². The largest absolute Gasteiger partial charge is 0.383 e. The molecule has 5 heteroatoms. The van der Waals surface area contributed by atoms with Crippen molar-refractivity contribution in [3.63, 3.8) is 0 Å². The number of hydrogen-bond donors (Lipinski definition) is 1. The highest BCUT2D eigenvalue weighted by Crippen LogP contribution is 2.22. The number of anilines is 2. The Labute approximate surface area is 95.6 Å². The normalized spacial score (nSPS) is 17.2. The van der Waals surface area contributed by atoms with Crippen LogP contribution in [0.2, 0.25) is 0 Å². The van der Waals surface area contributed by atoms with Crippen LogP contribution >= 0.6 is 0 Å². The summed E-state index contributed by atoms with van der Waals surface area (Å²) in [5.74, 6) is 2.26. The second-order valence-electron chi connectivity index (χ2n) is 4.06. The average molecular weight is 222 g/mol. The molecule has 2 N–H and O–H groups in total. The standard InChI is InChI=1S/C11H18N4O/c1-8-10(12)13-9(2)14-11(8)15-4-3-6-16-7-5-15/h3-7H2,1-2H3,(H2,12,13,14). The zero-order valence-corrected chi connectivity index (χ0v) is 9.86. The first-order valence-corrected chi connectivity index (χ1v) is 5.62. The van der Waals surface area contributed by atoms with Gasteiger partial charge in [0.25, 0.3) is 0 Å². The van der Waals surface area contributed by atoms with E-state index in [9.17, 15) is 0 Å². The topological polar surface area (TPSA) is 64.3 Å². The van der Waals surface area contributed by atoms with Gasteiger partial charge in [-0.2, -0.15) is 0 Å². The van der Waals surface area contributed by atoms with E-state index in [4.69, 9.17) is 10.5 Å². The molecule has 0 atom stereocenters. The molecule has 1 aromatic heterocycles. The Kier molecular flexibility index (Phi) is 3.24. The van der Waals surface area contributed by atoms with E-state index in [1.807, 2.05) is 13.8 Å². The molecule has 1 fully saturated rings. The van der Waals surface area contributed by atoms with Crippen LogP contribution in [-0.2, 0) is 4.74 Å². The van der Waals surface area contributed by atoms with Crippen molar-refractivity contribution in [3.05, 3.63) is 11.4 Å². The predicted octanol–water partition coefficient (Wildman–Crippen LogP) is 0.902. The first-order valence-electron chi connectivity index (χ1n) is 5.62. The van der Waals surface area contributed by atoms with Gasteiger partial charge >= 0.3 is 0 Å². The van der Waals surface area contributed by atoms with E-state index in [2.05, 4.69) is 14.9 Å². The molecule has 2 heterocycles. The Morgan fingerprint density at radius 2 is 2.00 bits per heavy atom. The lowest BCUT2D eigenvalue weighted by Crippen LogP contribution is -2.28. The van der Waals surface area contributed by atoms with Crippen LogP contribution in [0.15, 0.2) is 0 Å².